The third-order valence-corrected chi connectivity index (χ3v) is 1.74. The van der Waals surface area contributed by atoms with Crippen molar-refractivity contribution in [1.29, 1.82) is 0 Å². The Labute approximate surface area is 115 Å². The van der Waals surface area contributed by atoms with Crippen LogP contribution in [0.1, 0.15) is 0 Å². The van der Waals surface area contributed by atoms with Crippen LogP contribution >= 0.6 is 0 Å². The van der Waals surface area contributed by atoms with Crippen molar-refractivity contribution >= 4 is 0 Å². The van der Waals surface area contributed by atoms with Gasteiger partial charge in [0.05, 0.1) is 12.7 Å². The van der Waals surface area contributed by atoms with E-state index in [1.165, 1.54) is 0 Å². The predicted molar refractivity (Wildman–Crippen MR) is 45.0 cm³/mol. The Morgan fingerprint density at radius 2 is 1.43 bits per heavy atom. The number of aliphatic hydroxyl groups is 5. The van der Waals surface area contributed by atoms with Crippen molar-refractivity contribution in [3.63, 3.8) is 0 Å². The molecular formula is C7H17GdNO5+3. The van der Waals surface area contributed by atoms with Crippen molar-refractivity contribution in [1.82, 2.24) is 5.32 Å². The summed E-state index contributed by atoms with van der Waals surface area (Å²) in [5.74, 6) is 0. The molecule has 0 fully saturated rings. The molecule has 4 atom stereocenters. The van der Waals surface area contributed by atoms with E-state index in [1.54, 1.807) is 7.05 Å². The quantitative estimate of drug-likeness (QED) is 0.298. The second-order valence-corrected chi connectivity index (χ2v) is 2.86. The van der Waals surface area contributed by atoms with Gasteiger partial charge in [-0.15, -0.1) is 0 Å². The van der Waals surface area contributed by atoms with Gasteiger partial charge in [-0.2, -0.15) is 0 Å². The van der Waals surface area contributed by atoms with Crippen LogP contribution in [0.2, 0.25) is 0 Å². The molecule has 0 amide bonds. The molecule has 0 aliphatic carbocycles. The van der Waals surface area contributed by atoms with E-state index in [1.807, 2.05) is 0 Å². The molecule has 0 aromatic carbocycles. The third kappa shape index (κ3) is 5.84. The minimum absolute atomic E-state index is 0. The molecule has 0 aromatic heterocycles. The zero-order valence-electron chi connectivity index (χ0n) is 7.81. The largest absolute Gasteiger partial charge is 3.00 e. The Morgan fingerprint density at radius 1 is 1.00 bits per heavy atom. The maximum Gasteiger partial charge on any atom is 3.00 e. The van der Waals surface area contributed by atoms with Crippen LogP contribution in [0.3, 0.4) is 0 Å². The molecule has 0 aliphatic rings. The fraction of sp³-hybridized carbons (Fsp3) is 1.00. The van der Waals surface area contributed by atoms with E-state index in [-0.39, 0.29) is 46.5 Å². The van der Waals surface area contributed by atoms with Crippen molar-refractivity contribution in [3.8, 4) is 0 Å². The topological polar surface area (TPSA) is 113 Å². The van der Waals surface area contributed by atoms with Crippen molar-refractivity contribution in [3.05, 3.63) is 0 Å². The molecule has 14 heavy (non-hydrogen) atoms. The molecule has 7 heteroatoms. The van der Waals surface area contributed by atoms with Crippen LogP contribution in [0.4, 0.5) is 0 Å². The Morgan fingerprint density at radius 3 is 1.79 bits per heavy atom. The smallest absolute Gasteiger partial charge is 0.394 e. The van der Waals surface area contributed by atoms with Crippen LogP contribution in [0, 0.1) is 39.9 Å². The van der Waals surface area contributed by atoms with Crippen LogP contribution in [-0.2, 0) is 0 Å². The number of aliphatic hydroxyl groups excluding tert-OH is 5. The van der Waals surface area contributed by atoms with Crippen LogP contribution in [0.5, 0.6) is 0 Å². The SMILES string of the molecule is CNC[C@H](O)[C@@H](O)[C@H](O)[C@H](O)CO.[Gd+3]. The van der Waals surface area contributed by atoms with Crippen molar-refractivity contribution in [2.75, 3.05) is 20.2 Å². The standard InChI is InChI=1S/C7H17NO5.Gd/c1-8-2-4(10)6(12)7(13)5(11)3-9;/h4-13H,2-3H2,1H3;/q;+3/t4-,5+,6+,7+;/m0./s1. The van der Waals surface area contributed by atoms with Crippen molar-refractivity contribution in [2.24, 2.45) is 0 Å². The van der Waals surface area contributed by atoms with E-state index in [0.29, 0.717) is 0 Å². The molecule has 0 unspecified atom stereocenters. The van der Waals surface area contributed by atoms with E-state index in [0.717, 1.165) is 0 Å². The summed E-state index contributed by atoms with van der Waals surface area (Å²) in [7, 11) is 1.57. The number of nitrogens with one attached hydrogen (secondary N) is 1. The van der Waals surface area contributed by atoms with Crippen LogP contribution in [0.25, 0.3) is 0 Å². The third-order valence-electron chi connectivity index (χ3n) is 1.74. The van der Waals surface area contributed by atoms with Gasteiger partial charge in [-0.3, -0.25) is 0 Å². The fourth-order valence-corrected chi connectivity index (χ4v) is 0.893. The number of likely N-dealkylation sites (N-methyl/N-ethyl adjacent to an activating group) is 1. The van der Waals surface area contributed by atoms with E-state index in [9.17, 15) is 5.11 Å². The number of hydrogen-bond donors (Lipinski definition) is 6. The monoisotopic (exact) mass is 353 g/mol. The zero-order chi connectivity index (χ0) is 10.4. The first-order valence-electron chi connectivity index (χ1n) is 4.02. The van der Waals surface area contributed by atoms with Crippen LogP contribution in [-0.4, -0.2) is 70.1 Å². The number of hydrogen-bond acceptors (Lipinski definition) is 6. The first-order valence-corrected chi connectivity index (χ1v) is 4.02. The Bertz CT molecular complexity index is 139. The van der Waals surface area contributed by atoms with Gasteiger partial charge in [0.2, 0.25) is 0 Å². The average Bonchev–Trinajstić information content (AvgIpc) is 2.14. The summed E-state index contributed by atoms with van der Waals surface area (Å²) < 4.78 is 0. The summed E-state index contributed by atoms with van der Waals surface area (Å²) in [5, 5.41) is 47.5. The molecule has 0 spiro atoms. The molecule has 6 nitrogen and oxygen atoms in total. The van der Waals surface area contributed by atoms with Gasteiger partial charge in [0, 0.05) is 6.54 Å². The molecule has 0 aliphatic heterocycles. The molecule has 1 radical (unpaired) electrons. The van der Waals surface area contributed by atoms with Crippen molar-refractivity contribution < 1.29 is 65.5 Å². The van der Waals surface area contributed by atoms with Gasteiger partial charge in [0.25, 0.3) is 0 Å². The van der Waals surface area contributed by atoms with E-state index in [4.69, 9.17) is 20.4 Å². The summed E-state index contributed by atoms with van der Waals surface area (Å²) in [6.07, 6.45) is -5.65. The number of rotatable bonds is 6. The molecule has 0 aromatic rings. The van der Waals surface area contributed by atoms with Gasteiger partial charge in [-0.05, 0) is 7.05 Å². The van der Waals surface area contributed by atoms with Gasteiger partial charge < -0.3 is 30.8 Å². The average molecular weight is 352 g/mol. The predicted octanol–water partition coefficient (Wildman–Crippen LogP) is -3.36. The summed E-state index contributed by atoms with van der Waals surface area (Å²) in [6, 6.07) is 0. The van der Waals surface area contributed by atoms with Gasteiger partial charge in [0.15, 0.2) is 0 Å². The maximum atomic E-state index is 9.21. The first kappa shape index (κ1) is 17.5. The molecule has 0 heterocycles. The first-order chi connectivity index (χ1) is 6.04. The molecule has 85 valence electrons. The second-order valence-electron chi connectivity index (χ2n) is 2.86. The van der Waals surface area contributed by atoms with E-state index in [2.05, 4.69) is 5.32 Å². The van der Waals surface area contributed by atoms with Crippen LogP contribution < -0.4 is 5.32 Å². The minimum Gasteiger partial charge on any atom is -0.394 e. The van der Waals surface area contributed by atoms with E-state index < -0.39 is 31.0 Å². The molecular weight excluding hydrogens is 335 g/mol. The Kier molecular flexibility index (Phi) is 11.6. The zero-order valence-corrected chi connectivity index (χ0v) is 10.1. The van der Waals surface area contributed by atoms with E-state index >= 15 is 0 Å². The Hall–Kier alpha value is 1.08. The summed E-state index contributed by atoms with van der Waals surface area (Å²) >= 11 is 0. The fourth-order valence-electron chi connectivity index (χ4n) is 0.893. The van der Waals surface area contributed by atoms with Crippen molar-refractivity contribution in [2.45, 2.75) is 24.4 Å². The molecule has 0 rings (SSSR count). The summed E-state index contributed by atoms with van der Waals surface area (Å²) in [6.45, 7) is -0.569. The molecule has 0 saturated carbocycles. The summed E-state index contributed by atoms with van der Waals surface area (Å²) in [4.78, 5) is 0. The maximum absolute atomic E-state index is 9.21. The molecule has 0 bridgehead atoms. The summed E-state index contributed by atoms with van der Waals surface area (Å²) in [5.41, 5.74) is 0. The van der Waals surface area contributed by atoms with Gasteiger partial charge in [-0.1, -0.05) is 0 Å². The van der Waals surface area contributed by atoms with Gasteiger partial charge in [0.1, 0.15) is 18.3 Å². The molecule has 0 saturated heterocycles. The van der Waals surface area contributed by atoms with Crippen LogP contribution in [0.15, 0.2) is 0 Å². The second kappa shape index (κ2) is 9.32. The normalized spacial score (nSPS) is 19.3. The minimum atomic E-state index is -1.55. The van der Waals surface area contributed by atoms with Gasteiger partial charge in [-0.25, -0.2) is 0 Å². The van der Waals surface area contributed by atoms with Gasteiger partial charge >= 0.3 is 39.9 Å². The molecule has 6 N–H and O–H groups in total. The Balaban J connectivity index is 0.